The van der Waals surface area contributed by atoms with Gasteiger partial charge in [-0.2, -0.15) is 0 Å². The van der Waals surface area contributed by atoms with Crippen molar-refractivity contribution >= 4 is 23.3 Å². The number of nitrogens with one attached hydrogen (secondary N) is 2. The summed E-state index contributed by atoms with van der Waals surface area (Å²) in [5, 5.41) is 5.05. The van der Waals surface area contributed by atoms with Gasteiger partial charge in [0, 0.05) is 0 Å². The molecule has 0 radical (unpaired) electrons. The van der Waals surface area contributed by atoms with Gasteiger partial charge in [-0.25, -0.2) is 9.18 Å². The Hall–Kier alpha value is -2.47. The summed E-state index contributed by atoms with van der Waals surface area (Å²) in [4.78, 5) is 11.7. The summed E-state index contributed by atoms with van der Waals surface area (Å²) in [6, 6.07) is 10.7. The summed E-state index contributed by atoms with van der Waals surface area (Å²) < 4.78 is 24.0. The standard InChI is InChI=1S/C16H16ClFN2O3/c1-22-11-5-7-12(8-6-11)23-10-9-19-16(21)20-15-13(17)3-2-4-14(15)18/h2-8H,9-10H2,1H3,(H2,19,20,21). The lowest BCUT2D eigenvalue weighted by atomic mass is 10.3. The first-order chi connectivity index (χ1) is 11.1. The Morgan fingerprint density at radius 3 is 2.52 bits per heavy atom. The monoisotopic (exact) mass is 338 g/mol. The van der Waals surface area contributed by atoms with E-state index in [1.54, 1.807) is 31.4 Å². The Labute approximate surface area is 138 Å². The zero-order valence-electron chi connectivity index (χ0n) is 12.4. The molecule has 7 heteroatoms. The van der Waals surface area contributed by atoms with Crippen LogP contribution in [0.25, 0.3) is 0 Å². The van der Waals surface area contributed by atoms with E-state index in [9.17, 15) is 9.18 Å². The van der Waals surface area contributed by atoms with Gasteiger partial charge in [-0.15, -0.1) is 0 Å². The molecule has 2 aromatic rings. The van der Waals surface area contributed by atoms with Gasteiger partial charge in [0.1, 0.15) is 23.9 Å². The number of urea groups is 1. The Bertz CT molecular complexity index is 645. The number of carbonyl (C=O) groups is 1. The van der Waals surface area contributed by atoms with Crippen LogP contribution in [0.5, 0.6) is 11.5 Å². The molecule has 0 atom stereocenters. The maximum absolute atomic E-state index is 13.5. The third kappa shape index (κ3) is 5.03. The fourth-order valence-electron chi connectivity index (χ4n) is 1.78. The number of hydrogen-bond donors (Lipinski definition) is 2. The first-order valence-corrected chi connectivity index (χ1v) is 7.23. The SMILES string of the molecule is COc1ccc(OCCNC(=O)Nc2c(F)cccc2Cl)cc1. The highest BCUT2D eigenvalue weighted by atomic mass is 35.5. The van der Waals surface area contributed by atoms with Crippen molar-refractivity contribution in [3.8, 4) is 11.5 Å². The molecule has 0 saturated heterocycles. The Balaban J connectivity index is 1.74. The van der Waals surface area contributed by atoms with Crippen LogP contribution in [0.2, 0.25) is 5.02 Å². The van der Waals surface area contributed by atoms with E-state index in [1.165, 1.54) is 18.2 Å². The first-order valence-electron chi connectivity index (χ1n) is 6.86. The molecule has 0 heterocycles. The van der Waals surface area contributed by atoms with Crippen molar-refractivity contribution in [2.24, 2.45) is 0 Å². The summed E-state index contributed by atoms with van der Waals surface area (Å²) in [6.07, 6.45) is 0. The molecule has 2 N–H and O–H groups in total. The van der Waals surface area contributed by atoms with E-state index in [0.29, 0.717) is 5.75 Å². The van der Waals surface area contributed by atoms with Gasteiger partial charge < -0.3 is 20.1 Å². The van der Waals surface area contributed by atoms with Crippen molar-refractivity contribution < 1.29 is 18.7 Å². The molecule has 0 aliphatic carbocycles. The van der Waals surface area contributed by atoms with Crippen LogP contribution in [0.4, 0.5) is 14.9 Å². The average Bonchev–Trinajstić information content (AvgIpc) is 2.56. The zero-order chi connectivity index (χ0) is 16.7. The molecule has 2 rings (SSSR count). The van der Waals surface area contributed by atoms with E-state index in [0.717, 1.165) is 5.75 Å². The Morgan fingerprint density at radius 1 is 1.17 bits per heavy atom. The minimum absolute atomic E-state index is 0.0530. The molecule has 2 aromatic carbocycles. The molecule has 0 bridgehead atoms. The smallest absolute Gasteiger partial charge is 0.319 e. The number of amides is 2. The van der Waals surface area contributed by atoms with Gasteiger partial charge in [0.15, 0.2) is 0 Å². The number of methoxy groups -OCH3 is 1. The zero-order valence-corrected chi connectivity index (χ0v) is 13.2. The van der Waals surface area contributed by atoms with Gasteiger partial charge in [0.05, 0.1) is 24.4 Å². The third-order valence-electron chi connectivity index (χ3n) is 2.92. The van der Waals surface area contributed by atoms with E-state index >= 15 is 0 Å². The molecule has 0 fully saturated rings. The lowest BCUT2D eigenvalue weighted by Crippen LogP contribution is -2.32. The lowest BCUT2D eigenvalue weighted by molar-refractivity contribution is 0.247. The summed E-state index contributed by atoms with van der Waals surface area (Å²) in [5.41, 5.74) is -0.0530. The van der Waals surface area contributed by atoms with Crippen molar-refractivity contribution in [2.45, 2.75) is 0 Å². The Morgan fingerprint density at radius 2 is 1.87 bits per heavy atom. The molecule has 23 heavy (non-hydrogen) atoms. The van der Waals surface area contributed by atoms with Gasteiger partial charge in [-0.3, -0.25) is 0 Å². The van der Waals surface area contributed by atoms with E-state index < -0.39 is 11.8 Å². The number of halogens is 2. The van der Waals surface area contributed by atoms with E-state index in [4.69, 9.17) is 21.1 Å². The molecule has 122 valence electrons. The van der Waals surface area contributed by atoms with Crippen LogP contribution >= 0.6 is 11.6 Å². The van der Waals surface area contributed by atoms with Crippen molar-refractivity contribution in [3.63, 3.8) is 0 Å². The highest BCUT2D eigenvalue weighted by molar-refractivity contribution is 6.33. The van der Waals surface area contributed by atoms with Gasteiger partial charge in [-0.05, 0) is 36.4 Å². The fraction of sp³-hybridized carbons (Fsp3) is 0.188. The topological polar surface area (TPSA) is 59.6 Å². The number of benzene rings is 2. The van der Waals surface area contributed by atoms with Crippen LogP contribution in [0, 0.1) is 5.82 Å². The summed E-state index contributed by atoms with van der Waals surface area (Å²) in [7, 11) is 1.58. The number of hydrogen-bond acceptors (Lipinski definition) is 3. The molecule has 5 nitrogen and oxygen atoms in total. The summed E-state index contributed by atoms with van der Waals surface area (Å²) in [6.45, 7) is 0.523. The summed E-state index contributed by atoms with van der Waals surface area (Å²) in [5.74, 6) is 0.795. The van der Waals surface area contributed by atoms with Crippen molar-refractivity contribution in [2.75, 3.05) is 25.6 Å². The molecule has 2 amide bonds. The number of ether oxygens (including phenoxy) is 2. The first kappa shape index (κ1) is 16.9. The maximum Gasteiger partial charge on any atom is 0.319 e. The lowest BCUT2D eigenvalue weighted by Gasteiger charge is -2.10. The van der Waals surface area contributed by atoms with Gasteiger partial charge in [-0.1, -0.05) is 17.7 Å². The minimum Gasteiger partial charge on any atom is -0.497 e. The van der Waals surface area contributed by atoms with Crippen molar-refractivity contribution in [1.29, 1.82) is 0 Å². The Kier molecular flexibility index (Phi) is 6.05. The van der Waals surface area contributed by atoms with Crippen LogP contribution in [-0.2, 0) is 0 Å². The van der Waals surface area contributed by atoms with Gasteiger partial charge in [0.25, 0.3) is 0 Å². The number of para-hydroxylation sites is 1. The molecule has 0 spiro atoms. The van der Waals surface area contributed by atoms with Crippen molar-refractivity contribution in [3.05, 3.63) is 53.3 Å². The molecule has 0 saturated carbocycles. The number of rotatable bonds is 6. The van der Waals surface area contributed by atoms with Crippen LogP contribution in [0.1, 0.15) is 0 Å². The number of anilines is 1. The molecule has 0 aromatic heterocycles. The van der Waals surface area contributed by atoms with Crippen LogP contribution in [0.3, 0.4) is 0 Å². The predicted octanol–water partition coefficient (Wildman–Crippen LogP) is 3.69. The second kappa shape index (κ2) is 8.24. The number of carbonyl (C=O) groups excluding carboxylic acids is 1. The molecule has 0 aliphatic heterocycles. The van der Waals surface area contributed by atoms with Crippen LogP contribution in [0.15, 0.2) is 42.5 Å². The highest BCUT2D eigenvalue weighted by Gasteiger charge is 2.09. The van der Waals surface area contributed by atoms with E-state index in [1.807, 2.05) is 0 Å². The van der Waals surface area contributed by atoms with Crippen LogP contribution < -0.4 is 20.1 Å². The third-order valence-corrected chi connectivity index (χ3v) is 3.23. The molecule has 0 aliphatic rings. The largest absolute Gasteiger partial charge is 0.497 e. The van der Waals surface area contributed by atoms with E-state index in [2.05, 4.69) is 10.6 Å². The summed E-state index contributed by atoms with van der Waals surface area (Å²) >= 11 is 5.82. The van der Waals surface area contributed by atoms with E-state index in [-0.39, 0.29) is 23.9 Å². The second-order valence-corrected chi connectivity index (χ2v) is 4.91. The van der Waals surface area contributed by atoms with Gasteiger partial charge >= 0.3 is 6.03 Å². The maximum atomic E-state index is 13.5. The fourth-order valence-corrected chi connectivity index (χ4v) is 1.99. The van der Waals surface area contributed by atoms with Crippen LogP contribution in [-0.4, -0.2) is 26.3 Å². The predicted molar refractivity (Wildman–Crippen MR) is 86.9 cm³/mol. The highest BCUT2D eigenvalue weighted by Crippen LogP contribution is 2.24. The quantitative estimate of drug-likeness (QED) is 0.790. The second-order valence-electron chi connectivity index (χ2n) is 4.50. The average molecular weight is 339 g/mol. The molecule has 0 unspecified atom stereocenters. The minimum atomic E-state index is -0.595. The van der Waals surface area contributed by atoms with Crippen molar-refractivity contribution in [1.82, 2.24) is 5.32 Å². The van der Waals surface area contributed by atoms with Gasteiger partial charge in [0.2, 0.25) is 0 Å². The molecular formula is C16H16ClFN2O3. The normalized spacial score (nSPS) is 10.0. The molecular weight excluding hydrogens is 323 g/mol.